The first kappa shape index (κ1) is 13.2. The minimum Gasteiger partial charge on any atom is -0.304 e. The Bertz CT molecular complexity index is 306. The minimum absolute atomic E-state index is 0.212. The van der Waals surface area contributed by atoms with Gasteiger partial charge in [-0.15, -0.1) is 0 Å². The van der Waals surface area contributed by atoms with E-state index in [0.717, 1.165) is 24.5 Å². The molecule has 4 heteroatoms. The van der Waals surface area contributed by atoms with Crippen molar-refractivity contribution < 1.29 is 0 Å². The number of nitrogens with one attached hydrogen (secondary N) is 2. The predicted molar refractivity (Wildman–Crippen MR) is 66.2 cm³/mol. The standard InChI is InChI=1S/C12H24N4/c1-6-10(8(3)4)13-9(5)12-14-11(7-2)15-16-12/h8-10,13H,6-7H2,1-5H3,(H,14,15,16). The largest absolute Gasteiger partial charge is 0.304 e. The summed E-state index contributed by atoms with van der Waals surface area (Å²) in [5, 5.41) is 10.8. The van der Waals surface area contributed by atoms with Crippen LogP contribution in [0.2, 0.25) is 0 Å². The number of hydrogen-bond donors (Lipinski definition) is 2. The minimum atomic E-state index is 0.212. The van der Waals surface area contributed by atoms with Crippen molar-refractivity contribution in [3.05, 3.63) is 11.6 Å². The number of aromatic nitrogens is 3. The van der Waals surface area contributed by atoms with E-state index >= 15 is 0 Å². The summed E-state index contributed by atoms with van der Waals surface area (Å²) >= 11 is 0. The van der Waals surface area contributed by atoms with Gasteiger partial charge in [0, 0.05) is 12.5 Å². The summed E-state index contributed by atoms with van der Waals surface area (Å²) in [6, 6.07) is 0.738. The average molecular weight is 224 g/mol. The van der Waals surface area contributed by atoms with Crippen LogP contribution in [0, 0.1) is 5.92 Å². The average Bonchev–Trinajstić information content (AvgIpc) is 2.73. The van der Waals surface area contributed by atoms with E-state index in [1.807, 2.05) is 0 Å². The van der Waals surface area contributed by atoms with Gasteiger partial charge in [-0.3, -0.25) is 5.10 Å². The van der Waals surface area contributed by atoms with Crippen molar-refractivity contribution in [3.8, 4) is 0 Å². The smallest absolute Gasteiger partial charge is 0.167 e. The molecule has 2 unspecified atom stereocenters. The number of aromatic amines is 1. The molecule has 0 saturated heterocycles. The first-order valence-electron chi connectivity index (χ1n) is 6.25. The maximum Gasteiger partial charge on any atom is 0.167 e. The van der Waals surface area contributed by atoms with E-state index in [2.05, 4.69) is 55.1 Å². The van der Waals surface area contributed by atoms with Crippen LogP contribution >= 0.6 is 0 Å². The van der Waals surface area contributed by atoms with Crippen LogP contribution < -0.4 is 5.32 Å². The summed E-state index contributed by atoms with van der Waals surface area (Å²) in [4.78, 5) is 4.45. The van der Waals surface area contributed by atoms with Gasteiger partial charge in [0.2, 0.25) is 0 Å². The molecule has 4 nitrogen and oxygen atoms in total. The quantitative estimate of drug-likeness (QED) is 0.780. The third-order valence-corrected chi connectivity index (χ3v) is 2.98. The Kier molecular flexibility index (Phi) is 4.93. The van der Waals surface area contributed by atoms with Crippen LogP contribution in [0.15, 0.2) is 0 Å². The molecule has 0 aliphatic rings. The molecule has 1 rings (SSSR count). The Labute approximate surface area is 98.2 Å². The lowest BCUT2D eigenvalue weighted by Gasteiger charge is -2.23. The fourth-order valence-electron chi connectivity index (χ4n) is 1.84. The molecular formula is C12H24N4. The summed E-state index contributed by atoms with van der Waals surface area (Å²) in [7, 11) is 0. The van der Waals surface area contributed by atoms with Gasteiger partial charge in [0.15, 0.2) is 5.82 Å². The van der Waals surface area contributed by atoms with Gasteiger partial charge in [-0.2, -0.15) is 5.10 Å². The molecule has 0 aliphatic carbocycles. The molecule has 1 aromatic heterocycles. The second-order valence-electron chi connectivity index (χ2n) is 4.64. The zero-order valence-electron chi connectivity index (χ0n) is 11.0. The zero-order chi connectivity index (χ0) is 12.1. The Morgan fingerprint density at radius 1 is 1.25 bits per heavy atom. The molecule has 1 aromatic rings. The Hall–Kier alpha value is -0.900. The van der Waals surface area contributed by atoms with Crippen LogP contribution in [0.4, 0.5) is 0 Å². The topological polar surface area (TPSA) is 53.6 Å². The van der Waals surface area contributed by atoms with E-state index in [9.17, 15) is 0 Å². The molecule has 0 aliphatic heterocycles. The van der Waals surface area contributed by atoms with Crippen molar-refractivity contribution in [2.45, 2.75) is 59.5 Å². The summed E-state index contributed by atoms with van der Waals surface area (Å²) in [5.74, 6) is 2.47. The lowest BCUT2D eigenvalue weighted by Crippen LogP contribution is -2.35. The molecule has 0 bridgehead atoms. The second-order valence-corrected chi connectivity index (χ2v) is 4.64. The Morgan fingerprint density at radius 2 is 1.94 bits per heavy atom. The van der Waals surface area contributed by atoms with E-state index in [4.69, 9.17) is 0 Å². The van der Waals surface area contributed by atoms with Crippen LogP contribution in [-0.4, -0.2) is 21.2 Å². The van der Waals surface area contributed by atoms with E-state index in [0.29, 0.717) is 12.0 Å². The molecule has 0 amide bonds. The normalized spacial score (nSPS) is 15.4. The second kappa shape index (κ2) is 5.99. The van der Waals surface area contributed by atoms with Crippen LogP contribution in [-0.2, 0) is 6.42 Å². The number of rotatable bonds is 6. The first-order valence-corrected chi connectivity index (χ1v) is 6.25. The summed E-state index contributed by atoms with van der Waals surface area (Å²) < 4.78 is 0. The fourth-order valence-corrected chi connectivity index (χ4v) is 1.84. The highest BCUT2D eigenvalue weighted by Crippen LogP contribution is 2.13. The Morgan fingerprint density at radius 3 is 2.38 bits per heavy atom. The monoisotopic (exact) mass is 224 g/mol. The van der Waals surface area contributed by atoms with Gasteiger partial charge in [0.05, 0.1) is 6.04 Å². The van der Waals surface area contributed by atoms with Gasteiger partial charge in [0.1, 0.15) is 5.82 Å². The van der Waals surface area contributed by atoms with Crippen LogP contribution in [0.5, 0.6) is 0 Å². The van der Waals surface area contributed by atoms with Gasteiger partial charge < -0.3 is 5.32 Å². The number of hydrogen-bond acceptors (Lipinski definition) is 3. The molecule has 2 N–H and O–H groups in total. The van der Waals surface area contributed by atoms with Crippen molar-refractivity contribution in [1.82, 2.24) is 20.5 Å². The predicted octanol–water partition coefficient (Wildman–Crippen LogP) is 2.45. The number of nitrogens with zero attached hydrogens (tertiary/aromatic N) is 2. The summed E-state index contributed by atoms with van der Waals surface area (Å²) in [5.41, 5.74) is 0. The molecule has 16 heavy (non-hydrogen) atoms. The van der Waals surface area contributed by atoms with Gasteiger partial charge in [-0.05, 0) is 19.3 Å². The van der Waals surface area contributed by atoms with E-state index in [1.54, 1.807) is 0 Å². The van der Waals surface area contributed by atoms with Crippen LogP contribution in [0.1, 0.15) is 58.7 Å². The molecule has 92 valence electrons. The number of aryl methyl sites for hydroxylation is 1. The first-order chi connectivity index (χ1) is 7.58. The van der Waals surface area contributed by atoms with Crippen LogP contribution in [0.25, 0.3) is 0 Å². The molecule has 1 heterocycles. The maximum absolute atomic E-state index is 4.45. The molecule has 0 fully saturated rings. The zero-order valence-corrected chi connectivity index (χ0v) is 11.0. The summed E-state index contributed by atoms with van der Waals surface area (Å²) in [6.45, 7) is 10.9. The number of H-pyrrole nitrogens is 1. The molecule has 0 saturated carbocycles. The molecule has 0 spiro atoms. The van der Waals surface area contributed by atoms with Gasteiger partial charge >= 0.3 is 0 Å². The third kappa shape index (κ3) is 3.30. The lowest BCUT2D eigenvalue weighted by atomic mass is 10.0. The highest BCUT2D eigenvalue weighted by atomic mass is 15.2. The van der Waals surface area contributed by atoms with Gasteiger partial charge in [-0.25, -0.2) is 4.98 Å². The van der Waals surface area contributed by atoms with Gasteiger partial charge in [-0.1, -0.05) is 27.7 Å². The van der Waals surface area contributed by atoms with Crippen molar-refractivity contribution >= 4 is 0 Å². The molecule has 0 radical (unpaired) electrons. The SMILES string of the molecule is CCc1nc(C(C)NC(CC)C(C)C)n[nH]1. The molecular weight excluding hydrogens is 200 g/mol. The summed E-state index contributed by atoms with van der Waals surface area (Å²) in [6.07, 6.45) is 2.04. The van der Waals surface area contributed by atoms with E-state index in [-0.39, 0.29) is 6.04 Å². The molecule has 0 aromatic carbocycles. The lowest BCUT2D eigenvalue weighted by molar-refractivity contribution is 0.350. The highest BCUT2D eigenvalue weighted by Gasteiger charge is 2.17. The third-order valence-electron chi connectivity index (χ3n) is 2.98. The molecule has 2 atom stereocenters. The van der Waals surface area contributed by atoms with Crippen molar-refractivity contribution in [2.75, 3.05) is 0 Å². The Balaban J connectivity index is 2.60. The highest BCUT2D eigenvalue weighted by molar-refractivity contribution is 4.96. The van der Waals surface area contributed by atoms with E-state index in [1.165, 1.54) is 0 Å². The van der Waals surface area contributed by atoms with Crippen LogP contribution in [0.3, 0.4) is 0 Å². The maximum atomic E-state index is 4.45. The van der Waals surface area contributed by atoms with Crippen molar-refractivity contribution in [3.63, 3.8) is 0 Å². The van der Waals surface area contributed by atoms with Gasteiger partial charge in [0.25, 0.3) is 0 Å². The fraction of sp³-hybridized carbons (Fsp3) is 0.833. The van der Waals surface area contributed by atoms with E-state index < -0.39 is 0 Å². The van der Waals surface area contributed by atoms with Crippen molar-refractivity contribution in [2.24, 2.45) is 5.92 Å². The van der Waals surface area contributed by atoms with Crippen molar-refractivity contribution in [1.29, 1.82) is 0 Å².